The molecule has 0 aromatic heterocycles. The van der Waals surface area contributed by atoms with E-state index < -0.39 is 11.4 Å². The van der Waals surface area contributed by atoms with Gasteiger partial charge < -0.3 is 5.11 Å². The molecule has 0 saturated heterocycles. The number of aliphatic carboxylic acids is 1. The van der Waals surface area contributed by atoms with Gasteiger partial charge in [0.05, 0.1) is 0 Å². The van der Waals surface area contributed by atoms with Gasteiger partial charge in [0.2, 0.25) is 0 Å². The van der Waals surface area contributed by atoms with Gasteiger partial charge in [-0.1, -0.05) is 0 Å². The van der Waals surface area contributed by atoms with Crippen LogP contribution in [0.15, 0.2) is 0 Å². The molecule has 4 saturated carbocycles. The molecule has 1 N–H and O–H groups in total. The first-order valence-electron chi connectivity index (χ1n) is 4.91. The van der Waals surface area contributed by atoms with Crippen molar-refractivity contribution < 1.29 is 14.7 Å². The van der Waals surface area contributed by atoms with Crippen LogP contribution in [0.1, 0.15) is 25.7 Å². The van der Waals surface area contributed by atoms with Gasteiger partial charge in [0.15, 0.2) is 5.78 Å². The van der Waals surface area contributed by atoms with Gasteiger partial charge in [-0.3, -0.25) is 9.59 Å². The van der Waals surface area contributed by atoms with Crippen LogP contribution >= 0.6 is 0 Å². The smallest absolute Gasteiger partial charge is 0.317 e. The Balaban J connectivity index is 2.09. The number of carboxylic acid groups (broad SMARTS) is 1. The second kappa shape index (κ2) is 1.97. The third-order valence-electron chi connectivity index (χ3n) is 4.26. The van der Waals surface area contributed by atoms with Crippen LogP contribution in [0.5, 0.6) is 0 Å². The summed E-state index contributed by atoms with van der Waals surface area (Å²) in [6.45, 7) is 0. The van der Waals surface area contributed by atoms with E-state index >= 15 is 0 Å². The van der Waals surface area contributed by atoms with Gasteiger partial charge in [-0.25, -0.2) is 0 Å². The molecule has 4 unspecified atom stereocenters. The van der Waals surface area contributed by atoms with Crippen LogP contribution in [0, 0.1) is 23.2 Å². The van der Waals surface area contributed by atoms with Crippen molar-refractivity contribution in [2.75, 3.05) is 0 Å². The minimum absolute atomic E-state index is 0.0405. The summed E-state index contributed by atoms with van der Waals surface area (Å²) in [6.07, 6.45) is 3.32. The Labute approximate surface area is 76.1 Å². The first kappa shape index (κ1) is 7.54. The van der Waals surface area contributed by atoms with Gasteiger partial charge in [0.1, 0.15) is 5.41 Å². The number of hydrogen-bond donors (Lipinski definition) is 1. The lowest BCUT2D eigenvalue weighted by atomic mass is 9.69. The average molecular weight is 180 g/mol. The zero-order valence-corrected chi connectivity index (χ0v) is 7.32. The summed E-state index contributed by atoms with van der Waals surface area (Å²) >= 11 is 0. The predicted octanol–water partition coefficient (Wildman–Crippen LogP) is 1.08. The number of carbonyl (C=O) groups excluding carboxylic acids is 1. The highest BCUT2D eigenvalue weighted by Crippen LogP contribution is 2.62. The molecule has 70 valence electrons. The van der Waals surface area contributed by atoms with Crippen LogP contribution in [-0.4, -0.2) is 16.9 Å². The van der Waals surface area contributed by atoms with Crippen molar-refractivity contribution in [3.63, 3.8) is 0 Å². The highest BCUT2D eigenvalue weighted by Gasteiger charge is 2.65. The fourth-order valence-electron chi connectivity index (χ4n) is 3.81. The second-order valence-corrected chi connectivity index (χ2v) is 4.86. The normalized spacial score (nSPS) is 51.7. The summed E-state index contributed by atoms with van der Waals surface area (Å²) in [6, 6.07) is 0. The maximum Gasteiger partial charge on any atom is 0.317 e. The van der Waals surface area contributed by atoms with Crippen molar-refractivity contribution in [2.45, 2.75) is 25.7 Å². The molecule has 0 aliphatic heterocycles. The van der Waals surface area contributed by atoms with Gasteiger partial charge in [0.25, 0.3) is 0 Å². The highest BCUT2D eigenvalue weighted by molar-refractivity contribution is 6.07. The standard InChI is InChI=1S/C10H12O3/c11-8-7-2-5-1-6(7)4-10(8,3-5)9(12)13/h5-7H,1-4H2,(H,12,13). The van der Waals surface area contributed by atoms with E-state index in [1.807, 2.05) is 0 Å². The molecule has 0 aromatic carbocycles. The Bertz CT molecular complexity index is 305. The van der Waals surface area contributed by atoms with Crippen LogP contribution in [0.3, 0.4) is 0 Å². The third-order valence-corrected chi connectivity index (χ3v) is 4.26. The van der Waals surface area contributed by atoms with E-state index in [4.69, 9.17) is 5.11 Å². The lowest BCUT2D eigenvalue weighted by Crippen LogP contribution is -2.42. The fraction of sp³-hybridized carbons (Fsp3) is 0.800. The molecule has 13 heavy (non-hydrogen) atoms. The monoisotopic (exact) mass is 180 g/mol. The van der Waals surface area contributed by atoms with Gasteiger partial charge in [-0.2, -0.15) is 0 Å². The van der Waals surface area contributed by atoms with Gasteiger partial charge in [-0.15, -0.1) is 0 Å². The van der Waals surface area contributed by atoms with Crippen molar-refractivity contribution in [2.24, 2.45) is 23.2 Å². The summed E-state index contributed by atoms with van der Waals surface area (Å²) in [4.78, 5) is 22.9. The van der Waals surface area contributed by atoms with E-state index in [1.165, 1.54) is 0 Å². The number of hydrogen-bond acceptors (Lipinski definition) is 2. The summed E-state index contributed by atoms with van der Waals surface area (Å²) in [7, 11) is 0. The molecule has 4 atom stereocenters. The number of ketones is 1. The minimum atomic E-state index is -0.948. The quantitative estimate of drug-likeness (QED) is 0.614. The van der Waals surface area contributed by atoms with E-state index in [0.717, 1.165) is 12.8 Å². The maximum atomic E-state index is 11.8. The third kappa shape index (κ3) is 0.675. The minimum Gasteiger partial charge on any atom is -0.480 e. The zero-order valence-electron chi connectivity index (χ0n) is 7.32. The zero-order chi connectivity index (χ0) is 9.22. The second-order valence-electron chi connectivity index (χ2n) is 4.86. The first-order chi connectivity index (χ1) is 6.13. The van der Waals surface area contributed by atoms with Crippen molar-refractivity contribution in [1.82, 2.24) is 0 Å². The van der Waals surface area contributed by atoms with Crippen LogP contribution in [0.25, 0.3) is 0 Å². The molecule has 3 nitrogen and oxygen atoms in total. The molecule has 3 heteroatoms. The molecule has 0 spiro atoms. The molecule has 4 bridgehead atoms. The van der Waals surface area contributed by atoms with Crippen LogP contribution in [0.2, 0.25) is 0 Å². The lowest BCUT2D eigenvalue weighted by molar-refractivity contribution is -0.157. The largest absolute Gasteiger partial charge is 0.480 e. The van der Waals surface area contributed by atoms with E-state index in [-0.39, 0.29) is 11.7 Å². The summed E-state index contributed by atoms with van der Waals surface area (Å²) in [5.74, 6) is 0.211. The number of rotatable bonds is 1. The van der Waals surface area contributed by atoms with Crippen LogP contribution < -0.4 is 0 Å². The Hall–Kier alpha value is -0.860. The van der Waals surface area contributed by atoms with Crippen LogP contribution in [-0.2, 0) is 9.59 Å². The lowest BCUT2D eigenvalue weighted by Gasteiger charge is -2.32. The highest BCUT2D eigenvalue weighted by atomic mass is 16.4. The van der Waals surface area contributed by atoms with Gasteiger partial charge >= 0.3 is 5.97 Å². The number of Topliss-reactive ketones (excluding diaryl/α,β-unsaturated/α-hetero) is 1. The van der Waals surface area contributed by atoms with Gasteiger partial charge in [-0.05, 0) is 37.5 Å². The van der Waals surface area contributed by atoms with Gasteiger partial charge in [0, 0.05) is 5.92 Å². The number of carboxylic acids is 1. The summed E-state index contributed by atoms with van der Waals surface area (Å²) in [5.41, 5.74) is -0.948. The average Bonchev–Trinajstić information content (AvgIpc) is 2.46. The molecule has 4 rings (SSSR count). The SMILES string of the molecule is O=C(O)C12CC3CC(C1)C(C3)C2=O. The van der Waals surface area contributed by atoms with Crippen molar-refractivity contribution in [1.29, 1.82) is 0 Å². The molecule has 0 aromatic rings. The number of carbonyl (C=O) groups is 2. The first-order valence-corrected chi connectivity index (χ1v) is 4.91. The van der Waals surface area contributed by atoms with E-state index in [2.05, 4.69) is 0 Å². The Morgan fingerprint density at radius 1 is 1.38 bits per heavy atom. The maximum absolute atomic E-state index is 11.8. The molecular weight excluding hydrogens is 168 g/mol. The Morgan fingerprint density at radius 2 is 2.15 bits per heavy atom. The predicted molar refractivity (Wildman–Crippen MR) is 44.0 cm³/mol. The Morgan fingerprint density at radius 3 is 2.77 bits per heavy atom. The molecule has 4 aliphatic carbocycles. The summed E-state index contributed by atoms with van der Waals surface area (Å²) < 4.78 is 0. The topological polar surface area (TPSA) is 54.4 Å². The molecule has 4 aliphatic rings. The van der Waals surface area contributed by atoms with E-state index in [0.29, 0.717) is 24.7 Å². The van der Waals surface area contributed by atoms with Crippen molar-refractivity contribution in [3.8, 4) is 0 Å². The van der Waals surface area contributed by atoms with Crippen molar-refractivity contribution >= 4 is 11.8 Å². The molecule has 0 heterocycles. The van der Waals surface area contributed by atoms with Crippen molar-refractivity contribution in [3.05, 3.63) is 0 Å². The Kier molecular flexibility index (Phi) is 1.14. The molecular formula is C10H12O3. The fourth-order valence-corrected chi connectivity index (χ4v) is 3.81. The van der Waals surface area contributed by atoms with E-state index in [1.54, 1.807) is 0 Å². The van der Waals surface area contributed by atoms with E-state index in [9.17, 15) is 9.59 Å². The van der Waals surface area contributed by atoms with Crippen LogP contribution in [0.4, 0.5) is 0 Å². The summed E-state index contributed by atoms with van der Waals surface area (Å²) in [5, 5.41) is 9.10. The molecule has 0 radical (unpaired) electrons. The molecule has 0 amide bonds. The molecule has 4 fully saturated rings.